The summed E-state index contributed by atoms with van der Waals surface area (Å²) in [5.41, 5.74) is 9.78. The Morgan fingerprint density at radius 2 is 1.38 bits per heavy atom. The van der Waals surface area contributed by atoms with E-state index in [0.29, 0.717) is 39.4 Å². The van der Waals surface area contributed by atoms with Gasteiger partial charge in [-0.05, 0) is 107 Å². The fourth-order valence-electron chi connectivity index (χ4n) is 7.36. The normalized spacial score (nSPS) is 14.3. The van der Waals surface area contributed by atoms with Crippen LogP contribution >= 0.6 is 0 Å². The maximum atomic E-state index is 12.2. The number of hydrogen-bond acceptors (Lipinski definition) is 3. The second kappa shape index (κ2) is 14.1. The largest absolute Gasteiger partial charge is 0.507 e. The average Bonchev–Trinajstić information content (AvgIpc) is 3.64. The molecule has 2 aromatic heterocycles. The van der Waals surface area contributed by atoms with E-state index in [-0.39, 0.29) is 34.4 Å². The molecule has 56 heavy (non-hydrogen) atoms. The van der Waals surface area contributed by atoms with E-state index >= 15 is 0 Å². The predicted octanol–water partition coefficient (Wildman–Crippen LogP) is 13.7. The first-order valence-electron chi connectivity index (χ1n) is 22.8. The number of phenolic OH excluding ortho intramolecular Hbond substituents is 1. The Hall–Kier alpha value is -6.26. The number of aromatic hydroxyl groups is 1. The van der Waals surface area contributed by atoms with Crippen LogP contribution in [0.2, 0.25) is 0 Å². The van der Waals surface area contributed by atoms with E-state index in [1.165, 1.54) is 0 Å². The predicted molar refractivity (Wildman–Crippen MR) is 235 cm³/mol. The van der Waals surface area contributed by atoms with Crippen LogP contribution in [-0.2, 0) is 10.8 Å². The zero-order valence-electron chi connectivity index (χ0n) is 40.8. The van der Waals surface area contributed by atoms with Crippen molar-refractivity contribution >= 4 is 11.0 Å². The van der Waals surface area contributed by atoms with Crippen molar-refractivity contribution < 1.29 is 16.1 Å². The molecule has 0 atom stereocenters. The number of para-hydroxylation sites is 1. The number of pyridine rings is 1. The summed E-state index contributed by atoms with van der Waals surface area (Å²) >= 11 is 0. The molecule has 0 spiro atoms. The molecule has 1 N–H and O–H groups in total. The Kier molecular flexibility index (Phi) is 7.10. The number of phenols is 1. The number of nitrogens with zero attached hydrogens (tertiary/aromatic N) is 3. The third-order valence-corrected chi connectivity index (χ3v) is 10.3. The maximum absolute atomic E-state index is 12.2. The highest BCUT2D eigenvalue weighted by molar-refractivity contribution is 5.98. The highest BCUT2D eigenvalue weighted by Crippen LogP contribution is 2.44. The Morgan fingerprint density at radius 1 is 0.625 bits per heavy atom. The van der Waals surface area contributed by atoms with E-state index in [0.717, 1.165) is 44.5 Å². The van der Waals surface area contributed by atoms with E-state index < -0.39 is 30.4 Å². The van der Waals surface area contributed by atoms with Gasteiger partial charge in [-0.1, -0.05) is 138 Å². The van der Waals surface area contributed by atoms with Gasteiger partial charge in [0.1, 0.15) is 11.6 Å². The molecule has 0 amide bonds. The van der Waals surface area contributed by atoms with Gasteiger partial charge in [0.25, 0.3) is 0 Å². The number of aryl methyl sites for hydroxylation is 2. The lowest BCUT2D eigenvalue weighted by atomic mass is 9.83. The average molecular weight is 740 g/mol. The molecule has 8 rings (SSSR count). The summed E-state index contributed by atoms with van der Waals surface area (Å²) in [5.74, 6) is 0.590. The lowest BCUT2D eigenvalue weighted by Gasteiger charge is -2.23. The van der Waals surface area contributed by atoms with Gasteiger partial charge in [0.05, 0.1) is 34.8 Å². The summed E-state index contributed by atoms with van der Waals surface area (Å²) in [4.78, 5) is 10.2. The molecule has 0 saturated carbocycles. The minimum Gasteiger partial charge on any atom is -0.507 e. The Morgan fingerprint density at radius 3 is 2.11 bits per heavy atom. The summed E-state index contributed by atoms with van der Waals surface area (Å²) < 4.78 is 69.0. The van der Waals surface area contributed by atoms with Crippen LogP contribution in [0, 0.1) is 13.8 Å². The molecular formula is C52H49N3O. The van der Waals surface area contributed by atoms with Crippen molar-refractivity contribution in [3.05, 3.63) is 168 Å². The molecule has 0 aliphatic rings. The third kappa shape index (κ3) is 6.92. The van der Waals surface area contributed by atoms with Crippen LogP contribution in [0.15, 0.2) is 146 Å². The van der Waals surface area contributed by atoms with Crippen LogP contribution < -0.4 is 0 Å². The first-order chi connectivity index (χ1) is 30.0. The molecule has 0 unspecified atom stereocenters. The van der Waals surface area contributed by atoms with Crippen molar-refractivity contribution in [2.24, 2.45) is 0 Å². The minimum absolute atomic E-state index is 0.0977. The van der Waals surface area contributed by atoms with Gasteiger partial charge in [0.15, 0.2) is 0 Å². The summed E-state index contributed by atoms with van der Waals surface area (Å²) in [7, 11) is 0. The second-order valence-corrected chi connectivity index (χ2v) is 16.5. The van der Waals surface area contributed by atoms with Crippen molar-refractivity contribution in [2.75, 3.05) is 0 Å². The number of hydrogen-bond donors (Lipinski definition) is 1. The lowest BCUT2D eigenvalue weighted by molar-refractivity contribution is 0.448. The van der Waals surface area contributed by atoms with E-state index in [2.05, 4.69) is 53.7 Å². The SMILES string of the molecule is [2H]c1c([2H])c([2H])c(-c2ccnc(-c3cc(-c4cccc5c4nc(-c4cc(C)cc(C(C)(C)C)c4O)n5-c4ccc(C([2H])([2H])[2H])cc4-c4ccccc4)cc(C(C)(C)C)c3)c2)c([2H])c1[2H]. The summed E-state index contributed by atoms with van der Waals surface area (Å²) in [6, 6.07) is 32.5. The number of rotatable bonds is 6. The summed E-state index contributed by atoms with van der Waals surface area (Å²) in [6.07, 6.45) is 1.59. The van der Waals surface area contributed by atoms with Gasteiger partial charge in [-0.15, -0.1) is 0 Å². The van der Waals surface area contributed by atoms with Crippen LogP contribution in [-0.4, -0.2) is 19.6 Å². The Bertz CT molecular complexity index is 3110. The molecular weight excluding hydrogens is 683 g/mol. The van der Waals surface area contributed by atoms with E-state index in [1.54, 1.807) is 30.5 Å². The van der Waals surface area contributed by atoms with Gasteiger partial charge in [-0.2, -0.15) is 0 Å². The molecule has 0 bridgehead atoms. The lowest BCUT2D eigenvalue weighted by Crippen LogP contribution is -2.12. The van der Waals surface area contributed by atoms with Gasteiger partial charge < -0.3 is 5.11 Å². The van der Waals surface area contributed by atoms with Crippen LogP contribution in [0.4, 0.5) is 0 Å². The van der Waals surface area contributed by atoms with Crippen molar-refractivity contribution in [1.29, 1.82) is 0 Å². The van der Waals surface area contributed by atoms with Crippen LogP contribution in [0.3, 0.4) is 0 Å². The van der Waals surface area contributed by atoms with Gasteiger partial charge in [-0.25, -0.2) is 4.98 Å². The molecule has 0 aliphatic heterocycles. The van der Waals surface area contributed by atoms with Gasteiger partial charge in [0, 0.05) is 32.6 Å². The number of aromatic nitrogens is 3. The van der Waals surface area contributed by atoms with Crippen molar-refractivity contribution in [2.45, 2.75) is 66.1 Å². The molecule has 0 saturated heterocycles. The van der Waals surface area contributed by atoms with E-state index in [9.17, 15) is 5.11 Å². The van der Waals surface area contributed by atoms with Crippen LogP contribution in [0.1, 0.15) is 74.8 Å². The Balaban J connectivity index is 1.43. The van der Waals surface area contributed by atoms with Crippen molar-refractivity contribution in [3.8, 4) is 67.5 Å². The van der Waals surface area contributed by atoms with E-state index in [1.807, 2.05) is 84.3 Å². The topological polar surface area (TPSA) is 50.9 Å². The van der Waals surface area contributed by atoms with Crippen LogP contribution in [0.5, 0.6) is 5.75 Å². The molecule has 278 valence electrons. The molecule has 4 nitrogen and oxygen atoms in total. The zero-order valence-corrected chi connectivity index (χ0v) is 32.8. The molecule has 0 aliphatic carbocycles. The van der Waals surface area contributed by atoms with Gasteiger partial charge >= 0.3 is 0 Å². The molecule has 0 radical (unpaired) electrons. The monoisotopic (exact) mass is 739 g/mol. The molecule has 6 aromatic carbocycles. The standard InChI is InChI=1S/C52H49N3O/c1-33-22-23-46(42(26-33)36-18-13-10-14-19-36)55-47-21-15-20-41(48(47)54-50(55)43-27-34(2)28-44(49(43)56)52(6,7)8)38-29-39(31-40(30-38)51(3,4)5)45-32-37(24-25-53-45)35-16-11-9-12-17-35/h9-32,56H,1-8H3/i1D3,9D,11D,12D,16D,17D. The summed E-state index contributed by atoms with van der Waals surface area (Å²) in [6.45, 7) is 12.2. The first kappa shape index (κ1) is 28.2. The minimum atomic E-state index is -2.36. The van der Waals surface area contributed by atoms with E-state index in [4.69, 9.17) is 20.9 Å². The quantitative estimate of drug-likeness (QED) is 0.185. The first-order valence-corrected chi connectivity index (χ1v) is 18.8. The van der Waals surface area contributed by atoms with Crippen molar-refractivity contribution in [1.82, 2.24) is 14.5 Å². The molecule has 0 fully saturated rings. The van der Waals surface area contributed by atoms with Crippen molar-refractivity contribution in [3.63, 3.8) is 0 Å². The number of imidazole rings is 1. The molecule has 4 heteroatoms. The van der Waals surface area contributed by atoms with Crippen LogP contribution in [0.25, 0.3) is 72.7 Å². The fourth-order valence-corrected chi connectivity index (χ4v) is 7.36. The number of fused-ring (bicyclic) bond motifs is 1. The second-order valence-electron chi connectivity index (χ2n) is 16.5. The highest BCUT2D eigenvalue weighted by atomic mass is 16.3. The Labute approximate surface area is 342 Å². The third-order valence-electron chi connectivity index (χ3n) is 10.3. The van der Waals surface area contributed by atoms with Gasteiger partial charge in [0.2, 0.25) is 0 Å². The molecule has 8 aromatic rings. The maximum Gasteiger partial charge on any atom is 0.149 e. The van der Waals surface area contributed by atoms with Gasteiger partial charge in [-0.3, -0.25) is 9.55 Å². The smallest absolute Gasteiger partial charge is 0.149 e. The number of benzene rings is 6. The molecule has 2 heterocycles. The highest BCUT2D eigenvalue weighted by Gasteiger charge is 2.27. The summed E-state index contributed by atoms with van der Waals surface area (Å²) in [5, 5.41) is 12.2. The fraction of sp³-hybridized carbons (Fsp3) is 0.192. The zero-order chi connectivity index (χ0) is 46.2.